The number of aromatic nitrogens is 3. The smallest absolute Gasteiger partial charge is 0.281 e. The Hall–Kier alpha value is -3.17. The third-order valence-electron chi connectivity index (χ3n) is 2.49. The summed E-state index contributed by atoms with van der Waals surface area (Å²) >= 11 is 0. The zero-order valence-electron chi connectivity index (χ0n) is 9.87. The number of hydrogen-bond donors (Lipinski definition) is 0. The summed E-state index contributed by atoms with van der Waals surface area (Å²) < 4.78 is 1.23. The average molecular weight is 277 g/mol. The van der Waals surface area contributed by atoms with Crippen molar-refractivity contribution in [3.05, 3.63) is 55.9 Å². The number of nitrogens with zero attached hydrogens (tertiary/aromatic N) is 5. The fraction of sp³-hybridized carbons (Fsp3) is 0.100. The summed E-state index contributed by atoms with van der Waals surface area (Å²) in [4.78, 5) is 30.6. The van der Waals surface area contributed by atoms with Crippen LogP contribution in [0.2, 0.25) is 0 Å². The first-order valence-corrected chi connectivity index (χ1v) is 5.28. The molecule has 0 aliphatic rings. The molecule has 0 radical (unpaired) electrons. The van der Waals surface area contributed by atoms with Crippen LogP contribution in [0.25, 0.3) is 0 Å². The Morgan fingerprint density at radius 1 is 1.25 bits per heavy atom. The van der Waals surface area contributed by atoms with Crippen molar-refractivity contribution in [2.24, 2.45) is 0 Å². The largest absolute Gasteiger partial charge is 0.296 e. The van der Waals surface area contributed by atoms with Gasteiger partial charge in [0.15, 0.2) is 6.29 Å². The van der Waals surface area contributed by atoms with E-state index < -0.39 is 9.85 Å². The number of carbonyl (C=O) groups is 1. The maximum absolute atomic E-state index is 10.9. The Kier molecular flexibility index (Phi) is 3.46. The molecule has 0 aliphatic heterocycles. The highest BCUT2D eigenvalue weighted by Crippen LogP contribution is 2.25. The highest BCUT2D eigenvalue weighted by atomic mass is 16.6. The molecule has 20 heavy (non-hydrogen) atoms. The molecule has 0 N–H and O–H groups in total. The first-order valence-electron chi connectivity index (χ1n) is 5.28. The fourth-order valence-electron chi connectivity index (χ4n) is 1.59. The van der Waals surface area contributed by atoms with Gasteiger partial charge in [0.05, 0.1) is 34.2 Å². The predicted octanol–water partition coefficient (Wildman–Crippen LogP) is 0.955. The van der Waals surface area contributed by atoms with Crippen LogP contribution in [0, 0.1) is 20.2 Å². The fourth-order valence-corrected chi connectivity index (χ4v) is 1.59. The van der Waals surface area contributed by atoms with Crippen LogP contribution in [-0.2, 0) is 6.54 Å². The van der Waals surface area contributed by atoms with Gasteiger partial charge in [0, 0.05) is 6.07 Å². The minimum atomic E-state index is -0.712. The molecule has 0 bridgehead atoms. The third-order valence-corrected chi connectivity index (χ3v) is 2.49. The van der Waals surface area contributed by atoms with Crippen molar-refractivity contribution < 1.29 is 14.6 Å². The quantitative estimate of drug-likeness (QED) is 0.451. The Morgan fingerprint density at radius 3 is 2.55 bits per heavy atom. The van der Waals surface area contributed by atoms with Gasteiger partial charge in [0.1, 0.15) is 5.69 Å². The van der Waals surface area contributed by atoms with Gasteiger partial charge in [0.2, 0.25) is 0 Å². The normalized spacial score (nSPS) is 10.2. The van der Waals surface area contributed by atoms with Crippen LogP contribution in [-0.4, -0.2) is 31.1 Å². The first kappa shape index (κ1) is 13.3. The molecule has 0 aliphatic carbocycles. The highest BCUT2D eigenvalue weighted by Gasteiger charge is 2.19. The number of benzene rings is 1. The molecule has 1 heterocycles. The van der Waals surface area contributed by atoms with Crippen LogP contribution in [0.4, 0.5) is 11.4 Å². The minimum absolute atomic E-state index is 0.0187. The SMILES string of the molecule is O=Cc1cn(Cc2ccc([N+](=O)[O-])cc2[N+](=O)[O-])nn1. The van der Waals surface area contributed by atoms with E-state index in [4.69, 9.17) is 0 Å². The second-order valence-corrected chi connectivity index (χ2v) is 3.79. The van der Waals surface area contributed by atoms with Gasteiger partial charge >= 0.3 is 0 Å². The summed E-state index contributed by atoms with van der Waals surface area (Å²) in [5.74, 6) is 0. The molecule has 10 heteroatoms. The van der Waals surface area contributed by atoms with Crippen LogP contribution >= 0.6 is 0 Å². The summed E-state index contributed by atoms with van der Waals surface area (Å²) in [6.07, 6.45) is 1.81. The molecule has 2 aromatic rings. The number of non-ortho nitro benzene ring substituents is 1. The highest BCUT2D eigenvalue weighted by molar-refractivity contribution is 5.70. The second kappa shape index (κ2) is 5.22. The van der Waals surface area contributed by atoms with E-state index in [1.165, 1.54) is 23.0 Å². The molecule has 0 atom stereocenters. The lowest BCUT2D eigenvalue weighted by atomic mass is 10.1. The predicted molar refractivity (Wildman–Crippen MR) is 64.3 cm³/mol. The van der Waals surface area contributed by atoms with Gasteiger partial charge in [-0.1, -0.05) is 5.21 Å². The van der Waals surface area contributed by atoms with Gasteiger partial charge in [0.25, 0.3) is 11.4 Å². The van der Waals surface area contributed by atoms with Crippen molar-refractivity contribution in [3.63, 3.8) is 0 Å². The summed E-state index contributed by atoms with van der Waals surface area (Å²) in [5, 5.41) is 28.7. The Labute approximate surface area is 110 Å². The van der Waals surface area contributed by atoms with Crippen LogP contribution in [0.5, 0.6) is 0 Å². The molecule has 1 aromatic carbocycles. The summed E-state index contributed by atoms with van der Waals surface area (Å²) in [6, 6.07) is 3.32. The van der Waals surface area contributed by atoms with Crippen LogP contribution in [0.1, 0.15) is 16.1 Å². The van der Waals surface area contributed by atoms with E-state index in [0.29, 0.717) is 6.29 Å². The summed E-state index contributed by atoms with van der Waals surface area (Å²) in [6.45, 7) is -0.0187. The zero-order valence-corrected chi connectivity index (χ0v) is 9.87. The van der Waals surface area contributed by atoms with Crippen molar-refractivity contribution in [1.82, 2.24) is 15.0 Å². The zero-order chi connectivity index (χ0) is 14.7. The Balaban J connectivity index is 2.37. The standard InChI is InChI=1S/C10H7N5O5/c16-6-8-5-13(12-11-8)4-7-1-2-9(14(17)18)3-10(7)15(19)20/h1-3,5-6H,4H2. The monoisotopic (exact) mass is 277 g/mol. The lowest BCUT2D eigenvalue weighted by Gasteiger charge is -2.02. The summed E-state index contributed by atoms with van der Waals surface area (Å²) in [7, 11) is 0. The van der Waals surface area contributed by atoms with E-state index >= 15 is 0 Å². The molecule has 0 saturated carbocycles. The first-order chi connectivity index (χ1) is 9.51. The Bertz CT molecular complexity index is 695. The molecule has 0 spiro atoms. The van der Waals surface area contributed by atoms with Crippen LogP contribution in [0.15, 0.2) is 24.4 Å². The molecular weight excluding hydrogens is 270 g/mol. The summed E-state index contributed by atoms with van der Waals surface area (Å²) in [5.41, 5.74) is -0.438. The van der Waals surface area contributed by atoms with Crippen molar-refractivity contribution in [1.29, 1.82) is 0 Å². The third kappa shape index (κ3) is 2.63. The van der Waals surface area contributed by atoms with Gasteiger partial charge in [-0.25, -0.2) is 4.68 Å². The number of carbonyl (C=O) groups excluding carboxylic acids is 1. The van der Waals surface area contributed by atoms with Crippen molar-refractivity contribution in [3.8, 4) is 0 Å². The minimum Gasteiger partial charge on any atom is -0.296 e. The van der Waals surface area contributed by atoms with Crippen molar-refractivity contribution in [2.45, 2.75) is 6.54 Å². The van der Waals surface area contributed by atoms with E-state index in [1.54, 1.807) is 0 Å². The van der Waals surface area contributed by atoms with Gasteiger partial charge in [-0.15, -0.1) is 5.10 Å². The van der Waals surface area contributed by atoms with Gasteiger partial charge in [-0.05, 0) is 6.07 Å². The molecule has 0 amide bonds. The Morgan fingerprint density at radius 2 is 2.00 bits per heavy atom. The lowest BCUT2D eigenvalue weighted by Crippen LogP contribution is -2.04. The van der Waals surface area contributed by atoms with E-state index in [0.717, 1.165) is 6.07 Å². The van der Waals surface area contributed by atoms with Crippen LogP contribution < -0.4 is 0 Å². The molecular formula is C10H7N5O5. The lowest BCUT2D eigenvalue weighted by molar-refractivity contribution is -0.394. The molecule has 0 saturated heterocycles. The van der Waals surface area contributed by atoms with E-state index in [-0.39, 0.29) is 29.2 Å². The van der Waals surface area contributed by atoms with E-state index in [9.17, 15) is 25.0 Å². The molecule has 102 valence electrons. The van der Waals surface area contributed by atoms with Crippen LogP contribution in [0.3, 0.4) is 0 Å². The number of nitro benzene ring substituents is 2. The molecule has 0 unspecified atom stereocenters. The second-order valence-electron chi connectivity index (χ2n) is 3.79. The number of nitro groups is 2. The average Bonchev–Trinajstić information content (AvgIpc) is 2.86. The molecule has 0 fully saturated rings. The molecule has 2 rings (SSSR count). The van der Waals surface area contributed by atoms with Crippen molar-refractivity contribution >= 4 is 17.7 Å². The number of rotatable bonds is 5. The van der Waals surface area contributed by atoms with E-state index in [1.807, 2.05) is 0 Å². The van der Waals surface area contributed by atoms with E-state index in [2.05, 4.69) is 10.3 Å². The topological polar surface area (TPSA) is 134 Å². The van der Waals surface area contributed by atoms with Gasteiger partial charge in [-0.2, -0.15) is 0 Å². The molecule has 1 aromatic heterocycles. The number of aldehydes is 1. The molecule has 10 nitrogen and oxygen atoms in total. The number of hydrogen-bond acceptors (Lipinski definition) is 7. The maximum Gasteiger partial charge on any atom is 0.281 e. The van der Waals surface area contributed by atoms with Crippen molar-refractivity contribution in [2.75, 3.05) is 0 Å². The van der Waals surface area contributed by atoms with Gasteiger partial charge < -0.3 is 0 Å². The maximum atomic E-state index is 10.9. The van der Waals surface area contributed by atoms with Gasteiger partial charge in [-0.3, -0.25) is 25.0 Å².